The molecule has 0 heterocycles. The lowest BCUT2D eigenvalue weighted by atomic mass is 9.91. The van der Waals surface area contributed by atoms with Crippen LogP contribution in [0.25, 0.3) is 0 Å². The second-order valence-electron chi connectivity index (χ2n) is 5.84. The quantitative estimate of drug-likeness (QED) is 0.335. The smallest absolute Gasteiger partial charge is 0.377 e. The molecule has 0 saturated carbocycles. The van der Waals surface area contributed by atoms with E-state index in [2.05, 4.69) is 4.74 Å². The molecule has 0 rings (SSSR count). The number of carbonyl (C=O) groups is 2. The third kappa shape index (κ3) is 7.87. The molecule has 0 unspecified atom stereocenters. The van der Waals surface area contributed by atoms with E-state index in [9.17, 15) is 35.9 Å². The summed E-state index contributed by atoms with van der Waals surface area (Å²) in [5, 5.41) is 0. The van der Waals surface area contributed by atoms with Crippen molar-refractivity contribution >= 4 is 11.9 Å². The van der Waals surface area contributed by atoms with Gasteiger partial charge in [-0.15, -0.1) is 0 Å². The summed E-state index contributed by atoms with van der Waals surface area (Å²) in [5.74, 6) is -12.0. The number of ether oxygens (including phenoxy) is 2. The Morgan fingerprint density at radius 2 is 1.42 bits per heavy atom. The van der Waals surface area contributed by atoms with Crippen LogP contribution in [0.1, 0.15) is 40.0 Å². The van der Waals surface area contributed by atoms with Crippen LogP contribution in [0, 0.1) is 5.41 Å². The van der Waals surface area contributed by atoms with Gasteiger partial charge in [0.2, 0.25) is 6.43 Å². The van der Waals surface area contributed by atoms with Gasteiger partial charge < -0.3 is 9.47 Å². The summed E-state index contributed by atoms with van der Waals surface area (Å²) in [6.07, 6.45) is -7.51. The molecule has 0 aliphatic heterocycles. The lowest BCUT2D eigenvalue weighted by molar-refractivity contribution is -0.189. The molecule has 0 aromatic rings. The predicted octanol–water partition coefficient (Wildman–Crippen LogP) is 3.82. The van der Waals surface area contributed by atoms with Crippen LogP contribution >= 0.6 is 0 Å². The van der Waals surface area contributed by atoms with E-state index in [1.54, 1.807) is 20.8 Å². The van der Waals surface area contributed by atoms with Crippen LogP contribution in [0.3, 0.4) is 0 Å². The zero-order chi connectivity index (χ0) is 19.2. The van der Waals surface area contributed by atoms with Crippen LogP contribution in [-0.4, -0.2) is 43.4 Å². The summed E-state index contributed by atoms with van der Waals surface area (Å²) in [6, 6.07) is 0. The molecule has 0 saturated heterocycles. The summed E-state index contributed by atoms with van der Waals surface area (Å²) in [7, 11) is 0. The van der Waals surface area contributed by atoms with Crippen LogP contribution in [-0.2, 0) is 19.1 Å². The molecule has 0 bridgehead atoms. The highest BCUT2D eigenvalue weighted by atomic mass is 19.3. The van der Waals surface area contributed by atoms with E-state index >= 15 is 0 Å². The maximum Gasteiger partial charge on any atom is 0.377 e. The number of hydrogen-bond donors (Lipinski definition) is 0. The van der Waals surface area contributed by atoms with Crippen molar-refractivity contribution in [2.75, 3.05) is 13.2 Å². The standard InChI is InChI=1S/C14H20F6O4/c1-4-12(2,3)10(21)23-5-6-24-11(22)14(19,20)8-13(17,18)7-9(15)16/h9H,4-8H2,1-3H3. The van der Waals surface area contributed by atoms with Gasteiger partial charge in [-0.2, -0.15) is 8.78 Å². The molecular weight excluding hydrogens is 346 g/mol. The Labute approximate surface area is 135 Å². The normalized spacial score (nSPS) is 13.1. The number of esters is 2. The van der Waals surface area contributed by atoms with Crippen molar-refractivity contribution in [1.29, 1.82) is 0 Å². The maximum absolute atomic E-state index is 13.3. The summed E-state index contributed by atoms with van der Waals surface area (Å²) in [4.78, 5) is 22.6. The topological polar surface area (TPSA) is 52.6 Å². The Hall–Kier alpha value is -1.48. The van der Waals surface area contributed by atoms with E-state index in [0.717, 1.165) is 0 Å². The first kappa shape index (κ1) is 22.5. The first-order valence-electron chi connectivity index (χ1n) is 7.12. The average molecular weight is 366 g/mol. The van der Waals surface area contributed by atoms with Gasteiger partial charge in [0.15, 0.2) is 0 Å². The van der Waals surface area contributed by atoms with Gasteiger partial charge in [-0.1, -0.05) is 6.92 Å². The summed E-state index contributed by atoms with van der Waals surface area (Å²) in [5.41, 5.74) is -0.814. The summed E-state index contributed by atoms with van der Waals surface area (Å²) < 4.78 is 85.0. The number of alkyl halides is 6. The van der Waals surface area contributed by atoms with Crippen molar-refractivity contribution in [3.05, 3.63) is 0 Å². The second kappa shape index (κ2) is 8.57. The van der Waals surface area contributed by atoms with Crippen LogP contribution in [0.5, 0.6) is 0 Å². The lowest BCUT2D eigenvalue weighted by Gasteiger charge is -2.22. The minimum absolute atomic E-state index is 0.447. The van der Waals surface area contributed by atoms with E-state index in [-0.39, 0.29) is 0 Å². The van der Waals surface area contributed by atoms with Gasteiger partial charge >= 0.3 is 17.9 Å². The largest absolute Gasteiger partial charge is 0.462 e. The van der Waals surface area contributed by atoms with Crippen LogP contribution in [0.15, 0.2) is 0 Å². The Morgan fingerprint density at radius 1 is 0.958 bits per heavy atom. The molecule has 4 nitrogen and oxygen atoms in total. The van der Waals surface area contributed by atoms with Gasteiger partial charge in [0.05, 0.1) is 18.3 Å². The lowest BCUT2D eigenvalue weighted by Crippen LogP contribution is -2.39. The average Bonchev–Trinajstić information content (AvgIpc) is 2.39. The van der Waals surface area contributed by atoms with Crippen molar-refractivity contribution in [3.63, 3.8) is 0 Å². The van der Waals surface area contributed by atoms with Crippen molar-refractivity contribution in [1.82, 2.24) is 0 Å². The van der Waals surface area contributed by atoms with E-state index in [1.807, 2.05) is 0 Å². The molecule has 0 atom stereocenters. The first-order chi connectivity index (χ1) is 10.7. The van der Waals surface area contributed by atoms with Gasteiger partial charge in [0, 0.05) is 0 Å². The fourth-order valence-electron chi connectivity index (χ4n) is 1.41. The molecule has 0 spiro atoms. The molecule has 0 N–H and O–H groups in total. The second-order valence-corrected chi connectivity index (χ2v) is 5.84. The number of halogens is 6. The van der Waals surface area contributed by atoms with Crippen molar-refractivity contribution in [3.8, 4) is 0 Å². The molecule has 24 heavy (non-hydrogen) atoms. The van der Waals surface area contributed by atoms with Crippen molar-refractivity contribution < 1.29 is 45.4 Å². The van der Waals surface area contributed by atoms with E-state index in [1.165, 1.54) is 0 Å². The zero-order valence-electron chi connectivity index (χ0n) is 13.5. The number of hydrogen-bond acceptors (Lipinski definition) is 4. The Balaban J connectivity index is 4.38. The number of carbonyl (C=O) groups excluding carboxylic acids is 2. The van der Waals surface area contributed by atoms with Gasteiger partial charge in [-0.05, 0) is 20.3 Å². The zero-order valence-corrected chi connectivity index (χ0v) is 13.5. The highest BCUT2D eigenvalue weighted by Crippen LogP contribution is 2.35. The minimum atomic E-state index is -4.63. The number of rotatable bonds is 10. The molecule has 0 aromatic carbocycles. The van der Waals surface area contributed by atoms with Crippen LogP contribution < -0.4 is 0 Å². The molecule has 0 radical (unpaired) electrons. The Kier molecular flexibility index (Phi) is 8.04. The van der Waals surface area contributed by atoms with E-state index < -0.39 is 61.7 Å². The fraction of sp³-hybridized carbons (Fsp3) is 0.857. The molecule has 0 aromatic heterocycles. The molecule has 142 valence electrons. The summed E-state index contributed by atoms with van der Waals surface area (Å²) >= 11 is 0. The monoisotopic (exact) mass is 366 g/mol. The summed E-state index contributed by atoms with van der Waals surface area (Å²) in [6.45, 7) is 3.60. The minimum Gasteiger partial charge on any atom is -0.462 e. The third-order valence-corrected chi connectivity index (χ3v) is 3.22. The van der Waals surface area contributed by atoms with Crippen LogP contribution in [0.4, 0.5) is 26.3 Å². The maximum atomic E-state index is 13.3. The highest BCUT2D eigenvalue weighted by Gasteiger charge is 2.51. The molecule has 0 aliphatic rings. The van der Waals surface area contributed by atoms with Gasteiger partial charge in [-0.25, -0.2) is 22.4 Å². The molecule has 0 fully saturated rings. The first-order valence-corrected chi connectivity index (χ1v) is 7.12. The highest BCUT2D eigenvalue weighted by molar-refractivity contribution is 5.77. The van der Waals surface area contributed by atoms with Crippen molar-refractivity contribution in [2.24, 2.45) is 5.41 Å². The third-order valence-electron chi connectivity index (χ3n) is 3.22. The predicted molar refractivity (Wildman–Crippen MR) is 71.1 cm³/mol. The van der Waals surface area contributed by atoms with Crippen LogP contribution in [0.2, 0.25) is 0 Å². The molecule has 0 aliphatic carbocycles. The van der Waals surface area contributed by atoms with Crippen molar-refractivity contribution in [2.45, 2.75) is 58.3 Å². The Bertz CT molecular complexity index is 437. The van der Waals surface area contributed by atoms with Gasteiger partial charge in [0.1, 0.15) is 13.2 Å². The van der Waals surface area contributed by atoms with Gasteiger partial charge in [-0.3, -0.25) is 4.79 Å². The molecule has 0 amide bonds. The van der Waals surface area contributed by atoms with Gasteiger partial charge in [0.25, 0.3) is 5.92 Å². The van der Waals surface area contributed by atoms with E-state index in [0.29, 0.717) is 6.42 Å². The SMILES string of the molecule is CCC(C)(C)C(=O)OCCOC(=O)C(F)(F)CC(F)(F)CC(F)F. The Morgan fingerprint density at radius 3 is 1.83 bits per heavy atom. The fourth-order valence-corrected chi connectivity index (χ4v) is 1.41. The molecular formula is C14H20F6O4. The molecule has 10 heteroatoms. The van der Waals surface area contributed by atoms with E-state index in [4.69, 9.17) is 4.74 Å².